The lowest BCUT2D eigenvalue weighted by Gasteiger charge is -2.19. The van der Waals surface area contributed by atoms with Crippen molar-refractivity contribution in [2.75, 3.05) is 11.9 Å². The average molecular weight is 291 g/mol. The molecule has 0 saturated carbocycles. The van der Waals surface area contributed by atoms with Gasteiger partial charge in [0.05, 0.1) is 0 Å². The number of fused-ring (bicyclic) bond motifs is 1. The van der Waals surface area contributed by atoms with Crippen LogP contribution in [0.1, 0.15) is 12.0 Å². The van der Waals surface area contributed by atoms with Gasteiger partial charge in [0, 0.05) is 21.2 Å². The molecule has 0 radical (unpaired) electrons. The molecule has 0 atom stereocenters. The second-order valence-corrected chi connectivity index (χ2v) is 4.71. The molecule has 1 heterocycles. The number of halogens is 2. The predicted octanol–water partition coefficient (Wildman–Crippen LogP) is 3.57. The topological polar surface area (TPSA) is 12.0 Å². The molecule has 1 aliphatic heterocycles. The van der Waals surface area contributed by atoms with Crippen molar-refractivity contribution in [3.8, 4) is 0 Å². The van der Waals surface area contributed by atoms with Crippen LogP contribution >= 0.6 is 31.9 Å². The molecular formula is C9H9Br2N. The van der Waals surface area contributed by atoms with Crippen LogP contribution in [0.5, 0.6) is 0 Å². The van der Waals surface area contributed by atoms with Crippen molar-refractivity contribution in [3.05, 3.63) is 26.6 Å². The van der Waals surface area contributed by atoms with Crippen LogP contribution in [0.3, 0.4) is 0 Å². The average Bonchev–Trinajstić information content (AvgIpc) is 2.04. The maximum absolute atomic E-state index is 3.56. The Kier molecular flexibility index (Phi) is 2.42. The second-order valence-electron chi connectivity index (χ2n) is 2.94. The Bertz CT molecular complexity index is 310. The third kappa shape index (κ3) is 1.52. The minimum absolute atomic E-state index is 1.09. The summed E-state index contributed by atoms with van der Waals surface area (Å²) in [5.41, 5.74) is 2.67. The van der Waals surface area contributed by atoms with Gasteiger partial charge in [0.2, 0.25) is 0 Å². The van der Waals surface area contributed by atoms with Gasteiger partial charge in [-0.1, -0.05) is 31.9 Å². The largest absolute Gasteiger partial charge is 0.385 e. The van der Waals surface area contributed by atoms with Crippen LogP contribution in [-0.4, -0.2) is 6.54 Å². The third-order valence-electron chi connectivity index (χ3n) is 2.08. The van der Waals surface area contributed by atoms with E-state index in [9.17, 15) is 0 Å². The molecule has 0 aromatic heterocycles. The Balaban J connectivity index is 2.53. The van der Waals surface area contributed by atoms with E-state index in [1.165, 1.54) is 28.6 Å². The SMILES string of the molecule is Brc1cc(Br)c2c(c1)NCCC2. The molecule has 0 bridgehead atoms. The van der Waals surface area contributed by atoms with Gasteiger partial charge >= 0.3 is 0 Å². The van der Waals surface area contributed by atoms with Gasteiger partial charge < -0.3 is 5.32 Å². The van der Waals surface area contributed by atoms with Crippen molar-refractivity contribution in [2.24, 2.45) is 0 Å². The minimum Gasteiger partial charge on any atom is -0.385 e. The number of nitrogens with one attached hydrogen (secondary N) is 1. The number of anilines is 1. The molecule has 0 aliphatic carbocycles. The Labute approximate surface area is 88.8 Å². The summed E-state index contributed by atoms with van der Waals surface area (Å²) in [6.45, 7) is 1.09. The molecule has 0 fully saturated rings. The normalized spacial score (nSPS) is 15.2. The van der Waals surface area contributed by atoms with Gasteiger partial charge in [-0.2, -0.15) is 0 Å². The molecule has 2 rings (SSSR count). The number of benzene rings is 1. The fourth-order valence-corrected chi connectivity index (χ4v) is 2.93. The lowest BCUT2D eigenvalue weighted by molar-refractivity contribution is 0.826. The van der Waals surface area contributed by atoms with Gasteiger partial charge in [0.25, 0.3) is 0 Å². The summed E-state index contributed by atoms with van der Waals surface area (Å²) < 4.78 is 2.33. The van der Waals surface area contributed by atoms with E-state index in [1.54, 1.807) is 0 Å². The summed E-state index contributed by atoms with van der Waals surface area (Å²) in [7, 11) is 0. The van der Waals surface area contributed by atoms with Crippen molar-refractivity contribution in [3.63, 3.8) is 0 Å². The Hall–Kier alpha value is -0.0200. The highest BCUT2D eigenvalue weighted by atomic mass is 79.9. The van der Waals surface area contributed by atoms with Crippen molar-refractivity contribution in [1.29, 1.82) is 0 Å². The van der Waals surface area contributed by atoms with Crippen molar-refractivity contribution in [2.45, 2.75) is 12.8 Å². The Morgan fingerprint density at radius 1 is 1.25 bits per heavy atom. The summed E-state index contributed by atoms with van der Waals surface area (Å²) >= 11 is 7.03. The van der Waals surface area contributed by atoms with Crippen molar-refractivity contribution in [1.82, 2.24) is 0 Å². The molecule has 1 aromatic carbocycles. The summed E-state index contributed by atoms with van der Waals surface area (Å²) in [5, 5.41) is 3.38. The molecule has 1 aromatic rings. The zero-order chi connectivity index (χ0) is 8.55. The highest BCUT2D eigenvalue weighted by Gasteiger charge is 2.11. The number of rotatable bonds is 0. The Morgan fingerprint density at radius 2 is 2.08 bits per heavy atom. The quantitative estimate of drug-likeness (QED) is 0.770. The van der Waals surface area contributed by atoms with Crippen LogP contribution in [0.2, 0.25) is 0 Å². The van der Waals surface area contributed by atoms with E-state index >= 15 is 0 Å². The van der Waals surface area contributed by atoms with Gasteiger partial charge in [-0.25, -0.2) is 0 Å². The lowest BCUT2D eigenvalue weighted by Crippen LogP contribution is -2.11. The van der Waals surface area contributed by atoms with Crippen molar-refractivity contribution < 1.29 is 0 Å². The van der Waals surface area contributed by atoms with E-state index in [-0.39, 0.29) is 0 Å². The van der Waals surface area contributed by atoms with E-state index in [0.717, 1.165) is 11.0 Å². The van der Waals surface area contributed by atoms with Crippen LogP contribution in [0.15, 0.2) is 21.1 Å². The molecule has 1 aliphatic rings. The van der Waals surface area contributed by atoms with Gasteiger partial charge in [-0.05, 0) is 30.5 Å². The van der Waals surface area contributed by atoms with E-state index in [2.05, 4.69) is 49.3 Å². The molecule has 64 valence electrons. The summed E-state index contributed by atoms with van der Waals surface area (Å²) in [6, 6.07) is 4.24. The summed E-state index contributed by atoms with van der Waals surface area (Å²) in [6.07, 6.45) is 2.41. The van der Waals surface area contributed by atoms with Gasteiger partial charge in [-0.15, -0.1) is 0 Å². The summed E-state index contributed by atoms with van der Waals surface area (Å²) in [4.78, 5) is 0. The van der Waals surface area contributed by atoms with E-state index in [1.807, 2.05) is 0 Å². The molecule has 0 unspecified atom stereocenters. The van der Waals surface area contributed by atoms with Gasteiger partial charge in [0.15, 0.2) is 0 Å². The lowest BCUT2D eigenvalue weighted by atomic mass is 10.0. The molecule has 1 nitrogen and oxygen atoms in total. The third-order valence-corrected chi connectivity index (χ3v) is 3.24. The van der Waals surface area contributed by atoms with Crippen LogP contribution in [0, 0.1) is 0 Å². The number of hydrogen-bond donors (Lipinski definition) is 1. The van der Waals surface area contributed by atoms with Crippen molar-refractivity contribution >= 4 is 37.5 Å². The maximum Gasteiger partial charge on any atom is 0.0395 e. The maximum atomic E-state index is 3.56. The first-order valence-electron chi connectivity index (χ1n) is 3.99. The van der Waals surface area contributed by atoms with Crippen LogP contribution in [0.4, 0.5) is 5.69 Å². The first-order chi connectivity index (χ1) is 5.77. The minimum atomic E-state index is 1.09. The molecule has 1 N–H and O–H groups in total. The molecule has 0 spiro atoms. The van der Waals surface area contributed by atoms with Gasteiger partial charge in [-0.3, -0.25) is 0 Å². The van der Waals surface area contributed by atoms with Crippen LogP contribution in [-0.2, 0) is 6.42 Å². The van der Waals surface area contributed by atoms with E-state index in [0.29, 0.717) is 0 Å². The van der Waals surface area contributed by atoms with E-state index < -0.39 is 0 Å². The number of hydrogen-bond acceptors (Lipinski definition) is 1. The molecular weight excluding hydrogens is 282 g/mol. The first kappa shape index (κ1) is 8.57. The predicted molar refractivity (Wildman–Crippen MR) is 58.7 cm³/mol. The first-order valence-corrected chi connectivity index (χ1v) is 5.58. The monoisotopic (exact) mass is 289 g/mol. The smallest absolute Gasteiger partial charge is 0.0395 e. The molecule has 0 amide bonds. The van der Waals surface area contributed by atoms with Gasteiger partial charge in [0.1, 0.15) is 0 Å². The van der Waals surface area contributed by atoms with E-state index in [4.69, 9.17) is 0 Å². The highest BCUT2D eigenvalue weighted by molar-refractivity contribution is 9.11. The molecule has 3 heteroatoms. The fourth-order valence-electron chi connectivity index (χ4n) is 1.50. The zero-order valence-electron chi connectivity index (χ0n) is 6.53. The Morgan fingerprint density at radius 3 is 2.92 bits per heavy atom. The highest BCUT2D eigenvalue weighted by Crippen LogP contribution is 2.32. The molecule has 0 saturated heterocycles. The second kappa shape index (κ2) is 3.38. The molecule has 12 heavy (non-hydrogen) atoms. The zero-order valence-corrected chi connectivity index (χ0v) is 9.70. The van der Waals surface area contributed by atoms with Crippen LogP contribution < -0.4 is 5.32 Å². The fraction of sp³-hybridized carbons (Fsp3) is 0.333. The standard InChI is InChI=1S/C9H9Br2N/c10-6-4-8(11)7-2-1-3-12-9(7)5-6/h4-5,12H,1-3H2. The van der Waals surface area contributed by atoms with Crippen LogP contribution in [0.25, 0.3) is 0 Å². The summed E-state index contributed by atoms with van der Waals surface area (Å²) in [5.74, 6) is 0.